The maximum absolute atomic E-state index is 12.5. The Kier molecular flexibility index (Phi) is 7.05. The van der Waals surface area contributed by atoms with Crippen LogP contribution in [-0.2, 0) is 12.3 Å². The Morgan fingerprint density at radius 1 is 1.12 bits per heavy atom. The van der Waals surface area contributed by atoms with E-state index in [-0.39, 0.29) is 5.91 Å². The number of benzene rings is 1. The van der Waals surface area contributed by atoms with Crippen LogP contribution in [0.15, 0.2) is 52.2 Å². The van der Waals surface area contributed by atoms with Crippen molar-refractivity contribution in [2.75, 3.05) is 0 Å². The standard InChI is InChI=1S/C24H26N6O2S2/c1-16-9-11-17(12-10-16)14-25-22(31)23-28-26-20(34-23)15-33-24-29-27-21(19-8-5-13-32-19)30(24)18-6-3-2-4-7-18/h5,8-13,18H,2-4,6-7,14-15H2,1H3,(H,25,31). The van der Waals surface area contributed by atoms with E-state index in [1.807, 2.05) is 43.3 Å². The van der Waals surface area contributed by atoms with Crippen molar-refractivity contribution in [2.24, 2.45) is 0 Å². The number of rotatable bonds is 8. The van der Waals surface area contributed by atoms with Gasteiger partial charge in [-0.3, -0.25) is 9.36 Å². The van der Waals surface area contributed by atoms with Crippen molar-refractivity contribution in [1.82, 2.24) is 30.3 Å². The van der Waals surface area contributed by atoms with Gasteiger partial charge in [-0.15, -0.1) is 20.4 Å². The lowest BCUT2D eigenvalue weighted by Crippen LogP contribution is -2.22. The molecule has 1 fully saturated rings. The average molecular weight is 495 g/mol. The highest BCUT2D eigenvalue weighted by Gasteiger charge is 2.25. The topological polar surface area (TPSA) is 98.7 Å². The van der Waals surface area contributed by atoms with Crippen molar-refractivity contribution in [3.63, 3.8) is 0 Å². The lowest BCUT2D eigenvalue weighted by atomic mass is 9.95. The molecule has 1 aliphatic rings. The fourth-order valence-electron chi connectivity index (χ4n) is 4.11. The molecule has 4 aromatic rings. The van der Waals surface area contributed by atoms with Gasteiger partial charge in [0.15, 0.2) is 10.9 Å². The number of furan rings is 1. The Hall–Kier alpha value is -2.98. The zero-order chi connectivity index (χ0) is 23.3. The Balaban J connectivity index is 1.25. The third-order valence-corrected chi connectivity index (χ3v) is 7.96. The van der Waals surface area contributed by atoms with E-state index in [1.54, 1.807) is 18.0 Å². The van der Waals surface area contributed by atoms with Gasteiger partial charge in [-0.05, 0) is 37.5 Å². The molecule has 10 heteroatoms. The van der Waals surface area contributed by atoms with E-state index in [2.05, 4.69) is 30.3 Å². The molecule has 1 amide bonds. The van der Waals surface area contributed by atoms with Crippen LogP contribution in [0.5, 0.6) is 0 Å². The summed E-state index contributed by atoms with van der Waals surface area (Å²) in [6, 6.07) is 12.2. The summed E-state index contributed by atoms with van der Waals surface area (Å²) in [6.45, 7) is 2.50. The summed E-state index contributed by atoms with van der Waals surface area (Å²) in [6.07, 6.45) is 7.59. The number of nitrogens with zero attached hydrogens (tertiary/aromatic N) is 5. The van der Waals surface area contributed by atoms with Crippen LogP contribution in [0.1, 0.15) is 64.1 Å². The summed E-state index contributed by atoms with van der Waals surface area (Å²) in [5.74, 6) is 1.87. The highest BCUT2D eigenvalue weighted by molar-refractivity contribution is 7.98. The van der Waals surface area contributed by atoms with Crippen LogP contribution in [0.3, 0.4) is 0 Å². The number of hydrogen-bond donors (Lipinski definition) is 1. The number of aryl methyl sites for hydroxylation is 1. The fourth-order valence-corrected chi connectivity index (χ4v) is 5.86. The van der Waals surface area contributed by atoms with Gasteiger partial charge in [-0.25, -0.2) is 0 Å². The maximum Gasteiger partial charge on any atom is 0.282 e. The van der Waals surface area contributed by atoms with Crippen LogP contribution in [0, 0.1) is 6.92 Å². The van der Waals surface area contributed by atoms with Crippen LogP contribution < -0.4 is 5.32 Å². The molecule has 1 N–H and O–H groups in total. The average Bonchev–Trinajstić information content (AvgIpc) is 3.63. The molecule has 1 saturated carbocycles. The minimum Gasteiger partial charge on any atom is -0.461 e. The molecule has 0 aliphatic heterocycles. The molecule has 3 aromatic heterocycles. The summed E-state index contributed by atoms with van der Waals surface area (Å²) >= 11 is 2.89. The van der Waals surface area contributed by atoms with Crippen molar-refractivity contribution >= 4 is 29.0 Å². The van der Waals surface area contributed by atoms with Crippen LogP contribution in [0.25, 0.3) is 11.6 Å². The highest BCUT2D eigenvalue weighted by atomic mass is 32.2. The normalized spacial score (nSPS) is 14.4. The summed E-state index contributed by atoms with van der Waals surface area (Å²) in [7, 11) is 0. The van der Waals surface area contributed by atoms with Gasteiger partial charge < -0.3 is 9.73 Å². The molecule has 34 heavy (non-hydrogen) atoms. The summed E-state index contributed by atoms with van der Waals surface area (Å²) in [4.78, 5) is 12.5. The predicted molar refractivity (Wildman–Crippen MR) is 132 cm³/mol. The molecule has 0 radical (unpaired) electrons. The van der Waals surface area contributed by atoms with Crippen molar-refractivity contribution in [1.29, 1.82) is 0 Å². The second-order valence-corrected chi connectivity index (χ2v) is 10.4. The van der Waals surface area contributed by atoms with Crippen LogP contribution in [0.2, 0.25) is 0 Å². The minimum absolute atomic E-state index is 0.209. The molecule has 0 atom stereocenters. The number of thioether (sulfide) groups is 1. The lowest BCUT2D eigenvalue weighted by molar-refractivity contribution is 0.0950. The lowest BCUT2D eigenvalue weighted by Gasteiger charge is -2.25. The van der Waals surface area contributed by atoms with Gasteiger partial charge >= 0.3 is 0 Å². The second-order valence-electron chi connectivity index (χ2n) is 8.40. The van der Waals surface area contributed by atoms with Crippen molar-refractivity contribution in [2.45, 2.75) is 62.5 Å². The van der Waals surface area contributed by atoms with Crippen molar-refractivity contribution in [3.05, 3.63) is 63.8 Å². The minimum atomic E-state index is -0.209. The van der Waals surface area contributed by atoms with E-state index in [4.69, 9.17) is 4.42 Å². The molecule has 8 nitrogen and oxygen atoms in total. The van der Waals surface area contributed by atoms with Gasteiger partial charge in [0, 0.05) is 12.6 Å². The van der Waals surface area contributed by atoms with Gasteiger partial charge in [0.2, 0.25) is 10.8 Å². The van der Waals surface area contributed by atoms with Gasteiger partial charge in [-0.2, -0.15) is 0 Å². The van der Waals surface area contributed by atoms with Gasteiger partial charge in [0.25, 0.3) is 5.91 Å². The second kappa shape index (κ2) is 10.5. The largest absolute Gasteiger partial charge is 0.461 e. The van der Waals surface area contributed by atoms with E-state index in [0.29, 0.717) is 23.3 Å². The van der Waals surface area contributed by atoms with E-state index in [0.717, 1.165) is 40.2 Å². The number of carbonyl (C=O) groups is 1. The van der Waals surface area contributed by atoms with Crippen LogP contribution >= 0.6 is 23.1 Å². The molecule has 0 spiro atoms. The first-order valence-corrected chi connectivity index (χ1v) is 13.3. The zero-order valence-corrected chi connectivity index (χ0v) is 20.6. The van der Waals surface area contributed by atoms with E-state index in [9.17, 15) is 4.79 Å². The summed E-state index contributed by atoms with van der Waals surface area (Å²) in [5.41, 5.74) is 2.24. The number of amides is 1. The van der Waals surface area contributed by atoms with Gasteiger partial charge in [-0.1, -0.05) is 72.2 Å². The monoisotopic (exact) mass is 494 g/mol. The van der Waals surface area contributed by atoms with E-state index < -0.39 is 0 Å². The Bertz CT molecular complexity index is 1230. The number of hydrogen-bond acceptors (Lipinski definition) is 8. The summed E-state index contributed by atoms with van der Waals surface area (Å²) < 4.78 is 7.84. The number of aromatic nitrogens is 5. The maximum atomic E-state index is 12.5. The molecule has 5 rings (SSSR count). The third-order valence-electron chi connectivity index (χ3n) is 5.91. The zero-order valence-electron chi connectivity index (χ0n) is 18.9. The van der Waals surface area contributed by atoms with Gasteiger partial charge in [0.1, 0.15) is 5.01 Å². The van der Waals surface area contributed by atoms with E-state index in [1.165, 1.54) is 36.2 Å². The Morgan fingerprint density at radius 2 is 1.94 bits per heavy atom. The highest BCUT2D eigenvalue weighted by Crippen LogP contribution is 2.36. The number of nitrogens with one attached hydrogen (secondary N) is 1. The first-order chi connectivity index (χ1) is 16.7. The Morgan fingerprint density at radius 3 is 2.71 bits per heavy atom. The molecule has 0 unspecified atom stereocenters. The summed E-state index contributed by atoms with van der Waals surface area (Å²) in [5, 5.41) is 22.1. The predicted octanol–water partition coefficient (Wildman–Crippen LogP) is 5.43. The molecule has 0 saturated heterocycles. The fraction of sp³-hybridized carbons (Fsp3) is 0.375. The quantitative estimate of drug-likeness (QED) is 0.326. The van der Waals surface area contributed by atoms with E-state index >= 15 is 0 Å². The van der Waals surface area contributed by atoms with Crippen molar-refractivity contribution in [3.8, 4) is 11.6 Å². The first kappa shape index (κ1) is 22.8. The molecule has 0 bridgehead atoms. The molecular formula is C24H26N6O2S2. The molecule has 3 heterocycles. The van der Waals surface area contributed by atoms with Gasteiger partial charge in [0.05, 0.1) is 12.0 Å². The van der Waals surface area contributed by atoms with Crippen LogP contribution in [-0.4, -0.2) is 30.9 Å². The SMILES string of the molecule is Cc1ccc(CNC(=O)c2nnc(CSc3nnc(-c4ccco4)n3C3CCCCC3)s2)cc1. The molecule has 176 valence electrons. The van der Waals surface area contributed by atoms with Crippen molar-refractivity contribution < 1.29 is 9.21 Å². The molecule has 1 aromatic carbocycles. The van der Waals surface area contributed by atoms with Crippen LogP contribution in [0.4, 0.5) is 0 Å². The third kappa shape index (κ3) is 5.23. The smallest absolute Gasteiger partial charge is 0.282 e. The number of carbonyl (C=O) groups excluding carboxylic acids is 1. The Labute approximate surface area is 206 Å². The molecule has 1 aliphatic carbocycles. The molecular weight excluding hydrogens is 468 g/mol. The first-order valence-electron chi connectivity index (χ1n) is 11.4.